The van der Waals surface area contributed by atoms with Crippen molar-refractivity contribution >= 4 is 34.3 Å². The van der Waals surface area contributed by atoms with Crippen LogP contribution in [0.1, 0.15) is 57.4 Å². The van der Waals surface area contributed by atoms with Crippen LogP contribution in [-0.4, -0.2) is 45.0 Å². The Labute approximate surface area is 150 Å². The van der Waals surface area contributed by atoms with Crippen LogP contribution in [0.3, 0.4) is 0 Å². The standard InChI is InChI=1S/C16H23N5O3S/c1-9(2)12-19-20-14(25-12)17-11(22)8-21-13(23)16(18-15(21)24)7-5-4-6-10(16)3/h9-10H,4-8H2,1-3H3,(H,18,24)(H,17,20,22). The van der Waals surface area contributed by atoms with Crippen molar-refractivity contribution in [3.05, 3.63) is 5.01 Å². The topological polar surface area (TPSA) is 104 Å². The highest BCUT2D eigenvalue weighted by Crippen LogP contribution is 2.38. The lowest BCUT2D eigenvalue weighted by molar-refractivity contribution is -0.136. The number of hydrogen-bond donors (Lipinski definition) is 2. The molecule has 2 N–H and O–H groups in total. The van der Waals surface area contributed by atoms with Gasteiger partial charge in [-0.1, -0.05) is 44.9 Å². The van der Waals surface area contributed by atoms with Gasteiger partial charge in [0.2, 0.25) is 11.0 Å². The van der Waals surface area contributed by atoms with Crippen LogP contribution in [-0.2, 0) is 9.59 Å². The first-order valence-corrected chi connectivity index (χ1v) is 9.42. The van der Waals surface area contributed by atoms with Crippen LogP contribution in [0, 0.1) is 5.92 Å². The Kier molecular flexibility index (Phi) is 4.77. The zero-order valence-electron chi connectivity index (χ0n) is 14.7. The molecular weight excluding hydrogens is 342 g/mol. The van der Waals surface area contributed by atoms with Crippen molar-refractivity contribution in [1.29, 1.82) is 0 Å². The van der Waals surface area contributed by atoms with Crippen LogP contribution < -0.4 is 10.6 Å². The van der Waals surface area contributed by atoms with E-state index in [1.165, 1.54) is 11.3 Å². The van der Waals surface area contributed by atoms with Crippen molar-refractivity contribution in [3.8, 4) is 0 Å². The predicted octanol–water partition coefficient (Wildman–Crippen LogP) is 2.10. The Balaban J connectivity index is 1.66. The molecule has 1 saturated carbocycles. The third-order valence-electron chi connectivity index (χ3n) is 4.98. The number of carbonyl (C=O) groups is 3. The maximum atomic E-state index is 12.8. The van der Waals surface area contributed by atoms with Gasteiger partial charge in [-0.3, -0.25) is 19.8 Å². The molecule has 8 nitrogen and oxygen atoms in total. The first-order valence-electron chi connectivity index (χ1n) is 8.61. The number of anilines is 1. The van der Waals surface area contributed by atoms with Gasteiger partial charge in [0.15, 0.2) is 0 Å². The van der Waals surface area contributed by atoms with E-state index in [9.17, 15) is 14.4 Å². The van der Waals surface area contributed by atoms with Crippen molar-refractivity contribution in [1.82, 2.24) is 20.4 Å². The molecule has 2 heterocycles. The SMILES string of the molecule is CC(C)c1nnc(NC(=O)CN2C(=O)NC3(CCCCC3C)C2=O)s1. The molecule has 25 heavy (non-hydrogen) atoms. The Morgan fingerprint density at radius 1 is 1.40 bits per heavy atom. The molecule has 1 aromatic heterocycles. The zero-order valence-corrected chi connectivity index (χ0v) is 15.5. The molecule has 2 aliphatic rings. The maximum Gasteiger partial charge on any atom is 0.325 e. The highest BCUT2D eigenvalue weighted by Gasteiger charge is 2.55. The van der Waals surface area contributed by atoms with Gasteiger partial charge >= 0.3 is 6.03 Å². The Morgan fingerprint density at radius 2 is 2.16 bits per heavy atom. The Hall–Kier alpha value is -2.03. The molecule has 0 radical (unpaired) electrons. The summed E-state index contributed by atoms with van der Waals surface area (Å²) >= 11 is 1.29. The van der Waals surface area contributed by atoms with Crippen molar-refractivity contribution in [2.24, 2.45) is 5.92 Å². The number of nitrogens with one attached hydrogen (secondary N) is 2. The van der Waals surface area contributed by atoms with E-state index >= 15 is 0 Å². The van der Waals surface area contributed by atoms with Gasteiger partial charge in [0.25, 0.3) is 5.91 Å². The molecule has 0 bridgehead atoms. The fourth-order valence-electron chi connectivity index (χ4n) is 3.46. The molecule has 1 saturated heterocycles. The van der Waals surface area contributed by atoms with E-state index in [-0.39, 0.29) is 24.3 Å². The molecule has 2 unspecified atom stereocenters. The van der Waals surface area contributed by atoms with Gasteiger partial charge in [-0.15, -0.1) is 10.2 Å². The van der Waals surface area contributed by atoms with Crippen LogP contribution >= 0.6 is 11.3 Å². The van der Waals surface area contributed by atoms with Gasteiger partial charge in [-0.2, -0.15) is 0 Å². The second kappa shape index (κ2) is 6.70. The minimum absolute atomic E-state index is 0.0718. The molecule has 2 fully saturated rings. The number of carbonyl (C=O) groups excluding carboxylic acids is 3. The summed E-state index contributed by atoms with van der Waals surface area (Å²) in [5.74, 6) is -0.445. The van der Waals surface area contributed by atoms with Crippen LogP contribution in [0.15, 0.2) is 0 Å². The van der Waals surface area contributed by atoms with Crippen molar-refractivity contribution in [2.45, 2.75) is 57.9 Å². The molecule has 0 aromatic carbocycles. The fraction of sp³-hybridized carbons (Fsp3) is 0.688. The van der Waals surface area contributed by atoms with E-state index in [4.69, 9.17) is 0 Å². The first kappa shape index (κ1) is 17.8. The Morgan fingerprint density at radius 3 is 2.80 bits per heavy atom. The van der Waals surface area contributed by atoms with Gasteiger partial charge in [-0.05, 0) is 18.8 Å². The summed E-state index contributed by atoms with van der Waals surface area (Å²) in [5.41, 5.74) is -0.844. The van der Waals surface area contributed by atoms with E-state index in [0.29, 0.717) is 11.6 Å². The maximum absolute atomic E-state index is 12.8. The lowest BCUT2D eigenvalue weighted by atomic mass is 9.73. The number of imide groups is 1. The monoisotopic (exact) mass is 365 g/mol. The summed E-state index contributed by atoms with van der Waals surface area (Å²) in [6.07, 6.45) is 3.49. The smallest absolute Gasteiger partial charge is 0.323 e. The Bertz CT molecular complexity index is 704. The summed E-state index contributed by atoms with van der Waals surface area (Å²) in [6.45, 7) is 5.65. The summed E-state index contributed by atoms with van der Waals surface area (Å²) in [4.78, 5) is 38.4. The number of hydrogen-bond acceptors (Lipinski definition) is 6. The molecule has 9 heteroatoms. The van der Waals surface area contributed by atoms with E-state index < -0.39 is 17.5 Å². The van der Waals surface area contributed by atoms with Crippen LogP contribution in [0.4, 0.5) is 9.93 Å². The quantitative estimate of drug-likeness (QED) is 0.795. The molecule has 1 aromatic rings. The third-order valence-corrected chi connectivity index (χ3v) is 6.12. The molecular formula is C16H23N5O3S. The fourth-order valence-corrected chi connectivity index (χ4v) is 4.22. The van der Waals surface area contributed by atoms with Crippen LogP contribution in [0.2, 0.25) is 0 Å². The molecule has 2 atom stereocenters. The van der Waals surface area contributed by atoms with Crippen molar-refractivity contribution in [3.63, 3.8) is 0 Å². The zero-order chi connectivity index (χ0) is 18.2. The lowest BCUT2D eigenvalue weighted by Crippen LogP contribution is -2.54. The third kappa shape index (κ3) is 3.24. The van der Waals surface area contributed by atoms with Gasteiger partial charge in [0.1, 0.15) is 17.1 Å². The number of urea groups is 1. The summed E-state index contributed by atoms with van der Waals surface area (Å²) in [5, 5.41) is 14.6. The average Bonchev–Trinajstić information content (AvgIpc) is 3.10. The second-order valence-electron chi connectivity index (χ2n) is 7.09. The highest BCUT2D eigenvalue weighted by atomic mass is 32.1. The van der Waals surface area contributed by atoms with Crippen LogP contribution in [0.25, 0.3) is 0 Å². The number of amides is 4. The minimum Gasteiger partial charge on any atom is -0.323 e. The van der Waals surface area contributed by atoms with Gasteiger partial charge in [0, 0.05) is 5.92 Å². The molecule has 1 spiro atoms. The minimum atomic E-state index is -0.844. The van der Waals surface area contributed by atoms with E-state index in [1.807, 2.05) is 20.8 Å². The number of nitrogens with zero attached hydrogens (tertiary/aromatic N) is 3. The highest BCUT2D eigenvalue weighted by molar-refractivity contribution is 7.15. The van der Waals surface area contributed by atoms with E-state index in [0.717, 1.165) is 29.2 Å². The normalized spacial score (nSPS) is 26.4. The number of aromatic nitrogens is 2. The predicted molar refractivity (Wildman–Crippen MR) is 93.2 cm³/mol. The summed E-state index contributed by atoms with van der Waals surface area (Å²) in [6, 6.07) is -0.492. The molecule has 4 amide bonds. The lowest BCUT2D eigenvalue weighted by Gasteiger charge is -2.36. The van der Waals surface area contributed by atoms with Gasteiger partial charge in [0.05, 0.1) is 0 Å². The molecule has 1 aliphatic carbocycles. The van der Waals surface area contributed by atoms with Crippen molar-refractivity contribution < 1.29 is 14.4 Å². The average molecular weight is 365 g/mol. The molecule has 136 valence electrons. The van der Waals surface area contributed by atoms with E-state index in [1.54, 1.807) is 0 Å². The van der Waals surface area contributed by atoms with Gasteiger partial charge in [-0.25, -0.2) is 4.79 Å². The largest absolute Gasteiger partial charge is 0.325 e. The second-order valence-corrected chi connectivity index (χ2v) is 8.10. The van der Waals surface area contributed by atoms with Crippen molar-refractivity contribution in [2.75, 3.05) is 11.9 Å². The van der Waals surface area contributed by atoms with Gasteiger partial charge < -0.3 is 5.32 Å². The molecule has 3 rings (SSSR count). The first-order chi connectivity index (χ1) is 11.8. The van der Waals surface area contributed by atoms with Crippen LogP contribution in [0.5, 0.6) is 0 Å². The molecule has 1 aliphatic heterocycles. The summed E-state index contributed by atoms with van der Waals surface area (Å²) in [7, 11) is 0. The van der Waals surface area contributed by atoms with E-state index in [2.05, 4.69) is 20.8 Å². The number of rotatable bonds is 4. The summed E-state index contributed by atoms with van der Waals surface area (Å²) < 4.78 is 0.